The van der Waals surface area contributed by atoms with Crippen LogP contribution in [-0.4, -0.2) is 44.7 Å². The lowest BCUT2D eigenvalue weighted by atomic mass is 9.89. The second-order valence-corrected chi connectivity index (χ2v) is 12.3. The molecule has 1 aromatic heterocycles. The molecule has 1 saturated heterocycles. The van der Waals surface area contributed by atoms with E-state index in [-0.39, 0.29) is 24.1 Å². The van der Waals surface area contributed by atoms with Crippen LogP contribution in [0, 0.1) is 12.8 Å². The Morgan fingerprint density at radius 2 is 1.77 bits per heavy atom. The second-order valence-electron chi connectivity index (χ2n) is 10.6. The van der Waals surface area contributed by atoms with Gasteiger partial charge >= 0.3 is 6.18 Å². The van der Waals surface area contributed by atoms with Crippen LogP contribution in [0.1, 0.15) is 79.9 Å². The lowest BCUT2D eigenvalue weighted by Gasteiger charge is -2.25. The number of amides is 1. The number of carbonyl (C=O) groups is 1. The van der Waals surface area contributed by atoms with Crippen LogP contribution < -0.4 is 10.0 Å². The third kappa shape index (κ3) is 7.05. The minimum absolute atomic E-state index is 0.0206. The second kappa shape index (κ2) is 12.4. The summed E-state index contributed by atoms with van der Waals surface area (Å²) < 4.78 is 77.4. The first-order chi connectivity index (χ1) is 18.5. The van der Waals surface area contributed by atoms with Gasteiger partial charge in [-0.25, -0.2) is 13.1 Å². The normalized spacial score (nSPS) is 17.9. The molecule has 1 aliphatic heterocycles. The number of carbonyl (C=O) groups excluding carboxylic acids is 1. The zero-order valence-electron chi connectivity index (χ0n) is 22.6. The Morgan fingerprint density at radius 3 is 2.41 bits per heavy atom. The van der Waals surface area contributed by atoms with E-state index >= 15 is 0 Å². The molecule has 1 aromatic carbocycles. The minimum atomic E-state index is -4.88. The highest BCUT2D eigenvalue weighted by Gasteiger charge is 2.38. The molecule has 2 N–H and O–H groups in total. The number of hydrogen-bond donors (Lipinski definition) is 2. The number of benzene rings is 1. The first-order valence-electron chi connectivity index (χ1n) is 13.8. The summed E-state index contributed by atoms with van der Waals surface area (Å²) in [6.45, 7) is 5.32. The predicted molar refractivity (Wildman–Crippen MR) is 143 cm³/mol. The van der Waals surface area contributed by atoms with E-state index in [2.05, 4.69) is 10.0 Å². The number of alkyl halides is 3. The summed E-state index contributed by atoms with van der Waals surface area (Å²) in [5, 5.41) is 3.06. The third-order valence-electron chi connectivity index (χ3n) is 7.75. The standard InChI is InChI=1S/C28H38F3N3O4S/c1-3-13-32-39(36,37)26-10-9-21(16-24(26)28(29,30)31)25-17-23(27(35)33-22-11-14-38-15-12-22)19(2)34(25)18-20-7-5-4-6-8-20/h9-10,16-17,20,22,32H,3-8,11-15,18H2,1-2H3,(H,33,35). The van der Waals surface area contributed by atoms with E-state index in [0.29, 0.717) is 61.9 Å². The zero-order chi connectivity index (χ0) is 28.2. The molecule has 0 spiro atoms. The Morgan fingerprint density at radius 1 is 1.08 bits per heavy atom. The van der Waals surface area contributed by atoms with Crippen LogP contribution in [0.25, 0.3) is 11.3 Å². The van der Waals surface area contributed by atoms with Crippen LogP contribution in [0.3, 0.4) is 0 Å². The van der Waals surface area contributed by atoms with Gasteiger partial charge in [-0.3, -0.25) is 4.79 Å². The third-order valence-corrected chi connectivity index (χ3v) is 9.26. The van der Waals surface area contributed by atoms with Gasteiger partial charge in [-0.15, -0.1) is 0 Å². The largest absolute Gasteiger partial charge is 0.417 e. The molecule has 7 nitrogen and oxygen atoms in total. The highest BCUT2D eigenvalue weighted by Crippen LogP contribution is 2.38. The molecule has 1 amide bonds. The lowest BCUT2D eigenvalue weighted by molar-refractivity contribution is -0.139. The van der Waals surface area contributed by atoms with Gasteiger partial charge in [0.1, 0.15) is 0 Å². The smallest absolute Gasteiger partial charge is 0.381 e. The fourth-order valence-corrected chi connectivity index (χ4v) is 6.88. The van der Waals surface area contributed by atoms with Gasteiger partial charge in [0.15, 0.2) is 0 Å². The molecule has 0 unspecified atom stereocenters. The molecule has 2 fully saturated rings. The van der Waals surface area contributed by atoms with Crippen molar-refractivity contribution in [1.82, 2.24) is 14.6 Å². The van der Waals surface area contributed by atoms with Crippen molar-refractivity contribution in [3.05, 3.63) is 41.1 Å². The van der Waals surface area contributed by atoms with Crippen molar-refractivity contribution in [3.63, 3.8) is 0 Å². The average Bonchev–Trinajstić information content (AvgIpc) is 3.23. The molecule has 0 radical (unpaired) electrons. The van der Waals surface area contributed by atoms with E-state index in [9.17, 15) is 26.4 Å². The zero-order valence-corrected chi connectivity index (χ0v) is 23.4. The molecule has 216 valence electrons. The summed E-state index contributed by atoms with van der Waals surface area (Å²) in [6.07, 6.45) is 2.40. The maximum Gasteiger partial charge on any atom is 0.417 e. The fourth-order valence-electron chi connectivity index (χ4n) is 5.54. The summed E-state index contributed by atoms with van der Waals surface area (Å²) in [7, 11) is -4.35. The number of ether oxygens (including phenoxy) is 1. The number of rotatable bonds is 9. The van der Waals surface area contributed by atoms with Crippen molar-refractivity contribution < 1.29 is 31.1 Å². The summed E-state index contributed by atoms with van der Waals surface area (Å²) in [6, 6.07) is 4.94. The van der Waals surface area contributed by atoms with Crippen LogP contribution in [0.15, 0.2) is 29.2 Å². The summed E-state index contributed by atoms with van der Waals surface area (Å²) in [4.78, 5) is 12.5. The Balaban J connectivity index is 1.77. The highest BCUT2D eigenvalue weighted by atomic mass is 32.2. The van der Waals surface area contributed by atoms with Crippen molar-refractivity contribution in [2.45, 2.75) is 88.9 Å². The molecule has 2 aromatic rings. The van der Waals surface area contributed by atoms with Gasteiger partial charge in [-0.2, -0.15) is 13.2 Å². The Kier molecular flexibility index (Phi) is 9.44. The van der Waals surface area contributed by atoms with Crippen molar-refractivity contribution in [1.29, 1.82) is 0 Å². The van der Waals surface area contributed by atoms with Crippen molar-refractivity contribution in [2.75, 3.05) is 19.8 Å². The van der Waals surface area contributed by atoms with E-state index < -0.39 is 26.7 Å². The topological polar surface area (TPSA) is 89.4 Å². The first kappa shape index (κ1) is 29.6. The van der Waals surface area contributed by atoms with E-state index in [0.717, 1.165) is 37.8 Å². The number of nitrogens with zero attached hydrogens (tertiary/aromatic N) is 1. The van der Waals surface area contributed by atoms with Crippen LogP contribution in [0.4, 0.5) is 13.2 Å². The van der Waals surface area contributed by atoms with E-state index in [1.165, 1.54) is 12.5 Å². The minimum Gasteiger partial charge on any atom is -0.381 e. The predicted octanol–water partition coefficient (Wildman–Crippen LogP) is 5.66. The van der Waals surface area contributed by atoms with Crippen LogP contribution in [0.5, 0.6) is 0 Å². The van der Waals surface area contributed by atoms with Gasteiger partial charge in [-0.1, -0.05) is 32.3 Å². The molecule has 0 bridgehead atoms. The van der Waals surface area contributed by atoms with Gasteiger partial charge in [0.05, 0.1) is 16.0 Å². The van der Waals surface area contributed by atoms with Gasteiger partial charge in [0, 0.05) is 43.7 Å². The maximum atomic E-state index is 14.2. The van der Waals surface area contributed by atoms with Gasteiger partial charge in [0.25, 0.3) is 5.91 Å². The quantitative estimate of drug-likeness (QED) is 0.408. The number of hydrogen-bond acceptors (Lipinski definition) is 4. The molecule has 1 aliphatic carbocycles. The molecule has 0 atom stereocenters. The van der Waals surface area contributed by atoms with Gasteiger partial charge < -0.3 is 14.6 Å². The Bertz CT molecular complexity index is 1260. The Labute approximate surface area is 228 Å². The molecule has 39 heavy (non-hydrogen) atoms. The van der Waals surface area contributed by atoms with E-state index in [1.807, 2.05) is 11.5 Å². The van der Waals surface area contributed by atoms with Gasteiger partial charge in [-0.05, 0) is 68.7 Å². The number of nitrogens with one attached hydrogen (secondary N) is 2. The first-order valence-corrected chi connectivity index (χ1v) is 15.3. The van der Waals surface area contributed by atoms with Crippen molar-refractivity contribution in [3.8, 4) is 11.3 Å². The molecular formula is C28H38F3N3O4S. The average molecular weight is 570 g/mol. The monoisotopic (exact) mass is 569 g/mol. The molecule has 11 heteroatoms. The molecular weight excluding hydrogens is 531 g/mol. The summed E-state index contributed by atoms with van der Waals surface area (Å²) in [5.74, 6) is 0.0945. The Hall–Kier alpha value is -2.37. The van der Waals surface area contributed by atoms with E-state index in [1.54, 1.807) is 13.0 Å². The molecule has 2 heterocycles. The van der Waals surface area contributed by atoms with Crippen LogP contribution >= 0.6 is 0 Å². The van der Waals surface area contributed by atoms with Crippen LogP contribution in [-0.2, 0) is 27.5 Å². The summed E-state index contributed by atoms with van der Waals surface area (Å²) >= 11 is 0. The highest BCUT2D eigenvalue weighted by molar-refractivity contribution is 7.89. The molecule has 4 rings (SSSR count). The SMILES string of the molecule is CCCNS(=O)(=O)c1ccc(-c2cc(C(=O)NC3CCOCC3)c(C)n2CC2CCCCC2)cc1C(F)(F)F. The van der Waals surface area contributed by atoms with E-state index in [4.69, 9.17) is 4.74 Å². The number of sulfonamides is 1. The molecule has 1 saturated carbocycles. The maximum absolute atomic E-state index is 14.2. The molecule has 2 aliphatic rings. The van der Waals surface area contributed by atoms with Crippen molar-refractivity contribution in [2.24, 2.45) is 5.92 Å². The van der Waals surface area contributed by atoms with Crippen LogP contribution in [0.2, 0.25) is 0 Å². The van der Waals surface area contributed by atoms with Crippen molar-refractivity contribution >= 4 is 15.9 Å². The number of halogens is 3. The number of aromatic nitrogens is 1. The van der Waals surface area contributed by atoms with Gasteiger partial charge in [0.2, 0.25) is 10.0 Å². The fraction of sp³-hybridized carbons (Fsp3) is 0.607. The lowest BCUT2D eigenvalue weighted by Crippen LogP contribution is -2.39. The summed E-state index contributed by atoms with van der Waals surface area (Å²) in [5.41, 5.74) is 0.587.